The maximum absolute atomic E-state index is 11.2. The number of aryl methyl sites for hydroxylation is 4. The Labute approximate surface area is 223 Å². The lowest BCUT2D eigenvalue weighted by Crippen LogP contribution is -2.37. The van der Waals surface area contributed by atoms with E-state index < -0.39 is 5.97 Å². The molecule has 1 aliphatic heterocycles. The summed E-state index contributed by atoms with van der Waals surface area (Å²) in [6, 6.07) is 14.5. The molecule has 3 heterocycles. The summed E-state index contributed by atoms with van der Waals surface area (Å²) in [5.41, 5.74) is 8.67. The van der Waals surface area contributed by atoms with Gasteiger partial charge in [0.25, 0.3) is 5.89 Å². The predicted molar refractivity (Wildman–Crippen MR) is 147 cm³/mol. The van der Waals surface area contributed by atoms with Gasteiger partial charge in [0, 0.05) is 24.2 Å². The van der Waals surface area contributed by atoms with Crippen LogP contribution in [0.25, 0.3) is 34.2 Å². The molecule has 0 radical (unpaired) electrons. The lowest BCUT2D eigenvalue weighted by Gasteiger charge is -2.30. The van der Waals surface area contributed by atoms with Crippen molar-refractivity contribution in [3.05, 3.63) is 64.7 Å². The van der Waals surface area contributed by atoms with Gasteiger partial charge in [0.05, 0.1) is 11.6 Å². The number of carboxylic acid groups (broad SMARTS) is 1. The third-order valence-electron chi connectivity index (χ3n) is 7.71. The molecular weight excluding hydrogens is 478 g/mol. The first-order valence-electron chi connectivity index (χ1n) is 13.4. The van der Waals surface area contributed by atoms with Gasteiger partial charge in [-0.1, -0.05) is 29.4 Å². The van der Waals surface area contributed by atoms with E-state index in [9.17, 15) is 9.90 Å². The van der Waals surface area contributed by atoms with Crippen molar-refractivity contribution >= 4 is 5.97 Å². The summed E-state index contributed by atoms with van der Waals surface area (Å²) in [5, 5.41) is 18.3. The SMILES string of the molecule is CCn1nc(-c2nc(-c3cc(C)c(CCN4CCC(C(=O)O)CC4)c(C)c3)no2)cc1-c1ccccc1C. The average molecular weight is 514 g/mol. The maximum atomic E-state index is 11.2. The third-order valence-corrected chi connectivity index (χ3v) is 7.71. The van der Waals surface area contributed by atoms with Gasteiger partial charge in [-0.05, 0) is 100 Å². The lowest BCUT2D eigenvalue weighted by molar-refractivity contribution is -0.143. The Morgan fingerprint density at radius 2 is 1.76 bits per heavy atom. The molecule has 0 bridgehead atoms. The highest BCUT2D eigenvalue weighted by Gasteiger charge is 2.24. The zero-order chi connectivity index (χ0) is 26.8. The van der Waals surface area contributed by atoms with Crippen LogP contribution < -0.4 is 0 Å². The van der Waals surface area contributed by atoms with E-state index in [0.717, 1.165) is 62.3 Å². The topological polar surface area (TPSA) is 97.3 Å². The number of likely N-dealkylation sites (tertiary alicyclic amines) is 1. The van der Waals surface area contributed by atoms with E-state index >= 15 is 0 Å². The van der Waals surface area contributed by atoms with Crippen LogP contribution in [0.1, 0.15) is 42.0 Å². The van der Waals surface area contributed by atoms with Crippen LogP contribution in [0.3, 0.4) is 0 Å². The van der Waals surface area contributed by atoms with E-state index in [4.69, 9.17) is 14.6 Å². The molecule has 1 fully saturated rings. The second kappa shape index (κ2) is 10.9. The fraction of sp³-hybridized carbons (Fsp3) is 0.400. The second-order valence-electron chi connectivity index (χ2n) is 10.3. The highest BCUT2D eigenvalue weighted by Crippen LogP contribution is 2.30. The van der Waals surface area contributed by atoms with Crippen LogP contribution in [0.5, 0.6) is 0 Å². The fourth-order valence-corrected chi connectivity index (χ4v) is 5.47. The lowest BCUT2D eigenvalue weighted by atomic mass is 9.94. The van der Waals surface area contributed by atoms with Gasteiger partial charge in [-0.2, -0.15) is 10.1 Å². The normalized spacial score (nSPS) is 14.7. The Balaban J connectivity index is 1.32. The Bertz CT molecular complexity index is 1420. The van der Waals surface area contributed by atoms with Crippen molar-refractivity contribution in [3.8, 4) is 34.2 Å². The first kappa shape index (κ1) is 25.9. The molecule has 1 aliphatic rings. The van der Waals surface area contributed by atoms with Crippen LogP contribution in [0, 0.1) is 26.7 Å². The first-order chi connectivity index (χ1) is 18.3. The molecule has 8 nitrogen and oxygen atoms in total. The number of benzene rings is 2. The zero-order valence-electron chi connectivity index (χ0n) is 22.6. The number of aromatic nitrogens is 4. The van der Waals surface area contributed by atoms with E-state index in [1.54, 1.807) is 0 Å². The molecule has 8 heteroatoms. The molecule has 0 spiro atoms. The van der Waals surface area contributed by atoms with E-state index in [1.165, 1.54) is 22.3 Å². The molecule has 0 amide bonds. The van der Waals surface area contributed by atoms with Crippen molar-refractivity contribution in [1.29, 1.82) is 0 Å². The van der Waals surface area contributed by atoms with Gasteiger partial charge >= 0.3 is 5.97 Å². The van der Waals surface area contributed by atoms with Gasteiger partial charge < -0.3 is 14.5 Å². The number of rotatable bonds is 8. The van der Waals surface area contributed by atoms with Crippen LogP contribution in [0.15, 0.2) is 47.0 Å². The molecule has 0 aliphatic carbocycles. The summed E-state index contributed by atoms with van der Waals surface area (Å²) in [6.07, 6.45) is 2.40. The number of carboxylic acids is 1. The maximum Gasteiger partial charge on any atom is 0.306 e. The van der Waals surface area contributed by atoms with Crippen molar-refractivity contribution in [1.82, 2.24) is 24.8 Å². The Morgan fingerprint density at radius 1 is 1.05 bits per heavy atom. The van der Waals surface area contributed by atoms with Crippen molar-refractivity contribution in [3.63, 3.8) is 0 Å². The second-order valence-corrected chi connectivity index (χ2v) is 10.3. The van der Waals surface area contributed by atoms with E-state index in [1.807, 2.05) is 22.9 Å². The van der Waals surface area contributed by atoms with Gasteiger partial charge in [0.1, 0.15) is 0 Å². The Morgan fingerprint density at radius 3 is 2.42 bits per heavy atom. The molecule has 5 rings (SSSR count). The predicted octanol–water partition coefficient (Wildman–Crippen LogP) is 5.55. The van der Waals surface area contributed by atoms with E-state index in [-0.39, 0.29) is 5.92 Å². The molecule has 38 heavy (non-hydrogen) atoms. The van der Waals surface area contributed by atoms with Gasteiger partial charge in [-0.25, -0.2) is 0 Å². The number of aliphatic carboxylic acids is 1. The standard InChI is InChI=1S/C30H35N5O3/c1-5-35-27(25-9-7-6-8-19(25)2)18-26(32-35)29-31-28(33-38-29)23-16-20(3)24(21(4)17-23)12-15-34-13-10-22(11-14-34)30(36)37/h6-9,16-18,22H,5,10-15H2,1-4H3,(H,36,37). The Kier molecular flexibility index (Phi) is 7.42. The fourth-order valence-electron chi connectivity index (χ4n) is 5.47. The summed E-state index contributed by atoms with van der Waals surface area (Å²) in [6.45, 7) is 11.8. The molecule has 2 aromatic heterocycles. The Hall–Kier alpha value is -3.78. The largest absolute Gasteiger partial charge is 0.481 e. The minimum Gasteiger partial charge on any atom is -0.481 e. The summed E-state index contributed by atoms with van der Waals surface area (Å²) >= 11 is 0. The van der Waals surface area contributed by atoms with Crippen LogP contribution in [-0.2, 0) is 17.8 Å². The smallest absolute Gasteiger partial charge is 0.306 e. The van der Waals surface area contributed by atoms with Crippen molar-refractivity contribution in [2.75, 3.05) is 19.6 Å². The average Bonchev–Trinajstić information content (AvgIpc) is 3.56. The molecular formula is C30H35N5O3. The molecule has 198 valence electrons. The number of hydrogen-bond donors (Lipinski definition) is 1. The monoisotopic (exact) mass is 513 g/mol. The number of nitrogens with zero attached hydrogens (tertiary/aromatic N) is 5. The minimum atomic E-state index is -0.665. The summed E-state index contributed by atoms with van der Waals surface area (Å²) in [4.78, 5) is 18.3. The molecule has 1 saturated heterocycles. The third kappa shape index (κ3) is 5.27. The molecule has 2 aromatic carbocycles. The minimum absolute atomic E-state index is 0.196. The van der Waals surface area contributed by atoms with Gasteiger partial charge in [-0.15, -0.1) is 0 Å². The summed E-state index contributed by atoms with van der Waals surface area (Å²) in [7, 11) is 0. The highest BCUT2D eigenvalue weighted by molar-refractivity contribution is 5.70. The van der Waals surface area contributed by atoms with Crippen molar-refractivity contribution in [2.24, 2.45) is 5.92 Å². The zero-order valence-corrected chi connectivity index (χ0v) is 22.6. The summed E-state index contributed by atoms with van der Waals surface area (Å²) in [5.74, 6) is 0.101. The first-order valence-corrected chi connectivity index (χ1v) is 13.4. The van der Waals surface area contributed by atoms with Crippen LogP contribution in [0.2, 0.25) is 0 Å². The molecule has 1 N–H and O–H groups in total. The number of carbonyl (C=O) groups is 1. The molecule has 0 atom stereocenters. The van der Waals surface area contributed by atoms with Crippen LogP contribution in [-0.4, -0.2) is 55.5 Å². The van der Waals surface area contributed by atoms with E-state index in [0.29, 0.717) is 17.4 Å². The van der Waals surface area contributed by atoms with Gasteiger partial charge in [0.15, 0.2) is 5.69 Å². The number of hydrogen-bond acceptors (Lipinski definition) is 6. The molecule has 0 unspecified atom stereocenters. The molecule has 0 saturated carbocycles. The van der Waals surface area contributed by atoms with Crippen LogP contribution >= 0.6 is 0 Å². The van der Waals surface area contributed by atoms with Crippen molar-refractivity contribution in [2.45, 2.75) is 53.5 Å². The van der Waals surface area contributed by atoms with Crippen LogP contribution in [0.4, 0.5) is 0 Å². The van der Waals surface area contributed by atoms with Crippen molar-refractivity contribution < 1.29 is 14.4 Å². The summed E-state index contributed by atoms with van der Waals surface area (Å²) < 4.78 is 7.63. The highest BCUT2D eigenvalue weighted by atomic mass is 16.5. The number of piperidine rings is 1. The van der Waals surface area contributed by atoms with E-state index in [2.05, 4.69) is 62.0 Å². The van der Waals surface area contributed by atoms with Gasteiger partial charge in [-0.3, -0.25) is 9.48 Å². The molecule has 4 aromatic rings. The quantitative estimate of drug-likeness (QED) is 0.330. The van der Waals surface area contributed by atoms with Gasteiger partial charge in [0.2, 0.25) is 5.82 Å².